The smallest absolute Gasteiger partial charge is 0.407 e. The number of amides is 1. The van der Waals surface area contributed by atoms with E-state index < -0.39 is 23.7 Å². The minimum atomic E-state index is -0.977. The average molecular weight is 280 g/mol. The Bertz CT molecular complexity index is 454. The van der Waals surface area contributed by atoms with Crippen molar-refractivity contribution in [2.24, 2.45) is 0 Å². The van der Waals surface area contributed by atoms with E-state index in [9.17, 15) is 9.59 Å². The maximum atomic E-state index is 11.7. The van der Waals surface area contributed by atoms with Crippen molar-refractivity contribution in [3.63, 3.8) is 0 Å². The standard InChI is InChI=1S/C14H20N2O4/c1-14(2,3)20-13(19)16-11(8-12(17)18)7-10-5-4-6-15-9-10/h4-6,9,11H,7-8H2,1-3H3,(H,16,19)(H,17,18)/t11-/m1/s1. The number of aromatic nitrogens is 1. The molecule has 6 nitrogen and oxygen atoms in total. The molecule has 0 saturated heterocycles. The number of carbonyl (C=O) groups is 2. The van der Waals surface area contributed by atoms with Gasteiger partial charge < -0.3 is 15.2 Å². The summed E-state index contributed by atoms with van der Waals surface area (Å²) < 4.78 is 5.13. The molecule has 0 aromatic carbocycles. The molecule has 0 aliphatic rings. The molecular formula is C14H20N2O4. The number of ether oxygens (including phenoxy) is 1. The van der Waals surface area contributed by atoms with Crippen molar-refractivity contribution < 1.29 is 19.4 Å². The van der Waals surface area contributed by atoms with Gasteiger partial charge in [-0.3, -0.25) is 9.78 Å². The Balaban J connectivity index is 2.65. The van der Waals surface area contributed by atoms with Gasteiger partial charge in [0.05, 0.1) is 6.42 Å². The van der Waals surface area contributed by atoms with Crippen LogP contribution in [0.3, 0.4) is 0 Å². The number of pyridine rings is 1. The summed E-state index contributed by atoms with van der Waals surface area (Å²) in [6.07, 6.45) is 2.88. The molecule has 0 saturated carbocycles. The number of aliphatic carboxylic acids is 1. The lowest BCUT2D eigenvalue weighted by Gasteiger charge is -2.23. The normalized spacial score (nSPS) is 12.6. The second-order valence-electron chi connectivity index (χ2n) is 5.51. The Labute approximate surface area is 118 Å². The molecule has 1 aromatic rings. The fourth-order valence-electron chi connectivity index (χ4n) is 1.66. The zero-order valence-corrected chi connectivity index (χ0v) is 11.9. The van der Waals surface area contributed by atoms with Crippen LogP contribution in [0.15, 0.2) is 24.5 Å². The third-order valence-corrected chi connectivity index (χ3v) is 2.35. The van der Waals surface area contributed by atoms with Gasteiger partial charge in [-0.1, -0.05) is 6.07 Å². The third kappa shape index (κ3) is 6.72. The maximum absolute atomic E-state index is 11.7. The summed E-state index contributed by atoms with van der Waals surface area (Å²) >= 11 is 0. The van der Waals surface area contributed by atoms with Gasteiger partial charge in [-0.15, -0.1) is 0 Å². The minimum absolute atomic E-state index is 0.172. The van der Waals surface area contributed by atoms with Gasteiger partial charge in [-0.05, 0) is 38.8 Å². The van der Waals surface area contributed by atoms with Crippen molar-refractivity contribution in [3.05, 3.63) is 30.1 Å². The maximum Gasteiger partial charge on any atom is 0.407 e. The molecule has 0 aliphatic heterocycles. The number of alkyl carbamates (subject to hydrolysis) is 1. The van der Waals surface area contributed by atoms with E-state index in [1.165, 1.54) is 0 Å². The van der Waals surface area contributed by atoms with Crippen molar-refractivity contribution >= 4 is 12.1 Å². The first kappa shape index (κ1) is 15.9. The highest BCUT2D eigenvalue weighted by Gasteiger charge is 2.21. The fourth-order valence-corrected chi connectivity index (χ4v) is 1.66. The molecule has 0 aliphatic carbocycles. The van der Waals surface area contributed by atoms with E-state index in [0.29, 0.717) is 6.42 Å². The van der Waals surface area contributed by atoms with E-state index in [0.717, 1.165) is 5.56 Å². The Hall–Kier alpha value is -2.11. The van der Waals surface area contributed by atoms with Gasteiger partial charge in [0.25, 0.3) is 0 Å². The molecule has 0 bridgehead atoms. The van der Waals surface area contributed by atoms with E-state index >= 15 is 0 Å². The van der Waals surface area contributed by atoms with Crippen LogP contribution in [0, 0.1) is 0 Å². The largest absolute Gasteiger partial charge is 0.481 e. The molecule has 1 rings (SSSR count). The summed E-state index contributed by atoms with van der Waals surface area (Å²) in [5.74, 6) is -0.977. The molecule has 6 heteroatoms. The number of nitrogens with one attached hydrogen (secondary N) is 1. The predicted octanol–water partition coefficient (Wildman–Crippen LogP) is 1.99. The highest BCUT2D eigenvalue weighted by atomic mass is 16.6. The highest BCUT2D eigenvalue weighted by molar-refractivity contribution is 5.71. The Morgan fingerprint density at radius 1 is 1.45 bits per heavy atom. The quantitative estimate of drug-likeness (QED) is 0.861. The first-order chi connectivity index (χ1) is 9.26. The average Bonchev–Trinajstić information content (AvgIpc) is 2.26. The van der Waals surface area contributed by atoms with Crippen LogP contribution in [-0.4, -0.2) is 33.8 Å². The molecule has 110 valence electrons. The molecule has 0 radical (unpaired) electrons. The number of carbonyl (C=O) groups excluding carboxylic acids is 1. The number of hydrogen-bond acceptors (Lipinski definition) is 4. The first-order valence-electron chi connectivity index (χ1n) is 6.36. The minimum Gasteiger partial charge on any atom is -0.481 e. The van der Waals surface area contributed by atoms with Crippen LogP contribution in [0.4, 0.5) is 4.79 Å². The van der Waals surface area contributed by atoms with Gasteiger partial charge in [0.1, 0.15) is 5.60 Å². The summed E-state index contributed by atoms with van der Waals surface area (Å²) in [6, 6.07) is 3.06. The Morgan fingerprint density at radius 3 is 2.65 bits per heavy atom. The molecule has 0 fully saturated rings. The lowest BCUT2D eigenvalue weighted by Crippen LogP contribution is -2.41. The first-order valence-corrected chi connectivity index (χ1v) is 6.36. The van der Waals surface area contributed by atoms with Crippen molar-refractivity contribution in [1.29, 1.82) is 0 Å². The van der Waals surface area contributed by atoms with Gasteiger partial charge in [-0.25, -0.2) is 4.79 Å². The zero-order valence-electron chi connectivity index (χ0n) is 11.9. The SMILES string of the molecule is CC(C)(C)OC(=O)N[C@@H](CC(=O)O)Cc1cccnc1. The van der Waals surface area contributed by atoms with Crippen LogP contribution in [0.2, 0.25) is 0 Å². The van der Waals surface area contributed by atoms with E-state index in [1.807, 2.05) is 6.07 Å². The van der Waals surface area contributed by atoms with Crippen molar-refractivity contribution in [2.45, 2.75) is 45.3 Å². The van der Waals surface area contributed by atoms with Gasteiger partial charge >= 0.3 is 12.1 Å². The number of nitrogens with zero attached hydrogens (tertiary/aromatic N) is 1. The van der Waals surface area contributed by atoms with Crippen molar-refractivity contribution in [3.8, 4) is 0 Å². The Morgan fingerprint density at radius 2 is 2.15 bits per heavy atom. The molecule has 20 heavy (non-hydrogen) atoms. The van der Waals surface area contributed by atoms with Crippen LogP contribution in [0.5, 0.6) is 0 Å². The number of carboxylic acids is 1. The van der Waals surface area contributed by atoms with Gasteiger partial charge in [0.2, 0.25) is 0 Å². The molecule has 1 aromatic heterocycles. The molecule has 1 atom stereocenters. The molecular weight excluding hydrogens is 260 g/mol. The third-order valence-electron chi connectivity index (χ3n) is 2.35. The van der Waals surface area contributed by atoms with Crippen molar-refractivity contribution in [1.82, 2.24) is 10.3 Å². The van der Waals surface area contributed by atoms with Crippen LogP contribution in [-0.2, 0) is 16.0 Å². The van der Waals surface area contributed by atoms with Crippen LogP contribution in [0.25, 0.3) is 0 Å². The number of rotatable bonds is 5. The molecule has 2 N–H and O–H groups in total. The van der Waals surface area contributed by atoms with E-state index in [-0.39, 0.29) is 6.42 Å². The van der Waals surface area contributed by atoms with E-state index in [2.05, 4.69) is 10.3 Å². The molecule has 1 amide bonds. The second-order valence-corrected chi connectivity index (χ2v) is 5.51. The highest BCUT2D eigenvalue weighted by Crippen LogP contribution is 2.09. The Kier molecular flexibility index (Phi) is 5.49. The zero-order chi connectivity index (χ0) is 15.2. The molecule has 1 heterocycles. The summed E-state index contributed by atoms with van der Waals surface area (Å²) in [6.45, 7) is 5.25. The number of carboxylic acid groups (broad SMARTS) is 1. The fraction of sp³-hybridized carbons (Fsp3) is 0.500. The van der Waals surface area contributed by atoms with Crippen LogP contribution >= 0.6 is 0 Å². The lowest BCUT2D eigenvalue weighted by molar-refractivity contribution is -0.137. The molecule has 0 unspecified atom stereocenters. The summed E-state index contributed by atoms with van der Waals surface area (Å²) in [5, 5.41) is 11.5. The summed E-state index contributed by atoms with van der Waals surface area (Å²) in [4.78, 5) is 26.5. The number of hydrogen-bond donors (Lipinski definition) is 2. The second kappa shape index (κ2) is 6.88. The van der Waals surface area contributed by atoms with E-state index in [1.54, 1.807) is 39.2 Å². The van der Waals surface area contributed by atoms with E-state index in [4.69, 9.17) is 9.84 Å². The molecule has 0 spiro atoms. The van der Waals surface area contributed by atoms with Gasteiger partial charge in [-0.2, -0.15) is 0 Å². The monoisotopic (exact) mass is 280 g/mol. The lowest BCUT2D eigenvalue weighted by atomic mass is 10.1. The van der Waals surface area contributed by atoms with Gasteiger partial charge in [0.15, 0.2) is 0 Å². The van der Waals surface area contributed by atoms with Gasteiger partial charge in [0, 0.05) is 18.4 Å². The summed E-state index contributed by atoms with van der Waals surface area (Å²) in [5.41, 5.74) is 0.237. The van der Waals surface area contributed by atoms with Crippen LogP contribution in [0.1, 0.15) is 32.8 Å². The van der Waals surface area contributed by atoms with Crippen molar-refractivity contribution in [2.75, 3.05) is 0 Å². The topological polar surface area (TPSA) is 88.5 Å². The van der Waals surface area contributed by atoms with Crippen LogP contribution < -0.4 is 5.32 Å². The predicted molar refractivity (Wildman–Crippen MR) is 73.4 cm³/mol. The summed E-state index contributed by atoms with van der Waals surface area (Å²) in [7, 11) is 0.